The second kappa shape index (κ2) is 7.43. The minimum absolute atomic E-state index is 0.0533. The van der Waals surface area contributed by atoms with Gasteiger partial charge in [0.2, 0.25) is 5.91 Å². The van der Waals surface area contributed by atoms with Crippen molar-refractivity contribution in [1.82, 2.24) is 19.7 Å². The number of ether oxygens (including phenoxy) is 1. The summed E-state index contributed by atoms with van der Waals surface area (Å²) in [6.07, 6.45) is 5.46. The molecule has 132 valence electrons. The van der Waals surface area contributed by atoms with Crippen LogP contribution in [0.3, 0.4) is 0 Å². The molecular weight excluding hydrogens is 322 g/mol. The molecule has 8 nitrogen and oxygen atoms in total. The van der Waals surface area contributed by atoms with Gasteiger partial charge in [-0.25, -0.2) is 0 Å². The van der Waals surface area contributed by atoms with E-state index in [2.05, 4.69) is 10.1 Å². The molecule has 0 saturated carbocycles. The lowest BCUT2D eigenvalue weighted by molar-refractivity contribution is 0.0737. The van der Waals surface area contributed by atoms with E-state index < -0.39 is 5.91 Å². The van der Waals surface area contributed by atoms with Gasteiger partial charge in [0, 0.05) is 49.7 Å². The van der Waals surface area contributed by atoms with Crippen molar-refractivity contribution < 1.29 is 14.3 Å². The van der Waals surface area contributed by atoms with Crippen molar-refractivity contribution in [2.45, 2.75) is 6.42 Å². The molecule has 25 heavy (non-hydrogen) atoms. The average Bonchev–Trinajstić information content (AvgIpc) is 2.89. The third kappa shape index (κ3) is 4.21. The Balaban J connectivity index is 1.70. The zero-order valence-electron chi connectivity index (χ0n) is 14.1. The van der Waals surface area contributed by atoms with Gasteiger partial charge in [0.25, 0.3) is 5.91 Å². The number of carbonyl (C=O) groups excluding carboxylic acids is 2. The normalized spacial score (nSPS) is 18.0. The monoisotopic (exact) mass is 343 g/mol. The highest BCUT2D eigenvalue weighted by Gasteiger charge is 2.24. The average molecular weight is 343 g/mol. The molecule has 2 aromatic heterocycles. The molecule has 0 aromatic carbocycles. The van der Waals surface area contributed by atoms with Crippen LogP contribution in [-0.2, 0) is 18.2 Å². The maximum atomic E-state index is 12.6. The number of aromatic nitrogens is 3. The lowest BCUT2D eigenvalue weighted by Gasteiger charge is -2.23. The summed E-state index contributed by atoms with van der Waals surface area (Å²) >= 11 is 0. The molecule has 2 N–H and O–H groups in total. The summed E-state index contributed by atoms with van der Waals surface area (Å²) in [6.45, 7) is 2.14. The number of primary amides is 1. The number of pyridine rings is 1. The minimum atomic E-state index is -0.478. The number of amides is 2. The van der Waals surface area contributed by atoms with Crippen LogP contribution < -0.4 is 5.73 Å². The van der Waals surface area contributed by atoms with Crippen LogP contribution in [0, 0.1) is 5.92 Å². The van der Waals surface area contributed by atoms with E-state index in [1.165, 1.54) is 0 Å². The van der Waals surface area contributed by atoms with Crippen molar-refractivity contribution in [2.75, 3.05) is 26.3 Å². The Morgan fingerprint density at radius 2 is 2.24 bits per heavy atom. The van der Waals surface area contributed by atoms with E-state index >= 15 is 0 Å². The first-order valence-corrected chi connectivity index (χ1v) is 8.13. The third-order valence-corrected chi connectivity index (χ3v) is 4.18. The van der Waals surface area contributed by atoms with Crippen LogP contribution in [0.4, 0.5) is 0 Å². The van der Waals surface area contributed by atoms with Gasteiger partial charge in [-0.05, 0) is 18.6 Å². The van der Waals surface area contributed by atoms with E-state index in [0.29, 0.717) is 43.9 Å². The lowest BCUT2D eigenvalue weighted by Crippen LogP contribution is -2.36. The van der Waals surface area contributed by atoms with E-state index in [9.17, 15) is 9.59 Å². The van der Waals surface area contributed by atoms with E-state index in [1.54, 1.807) is 47.4 Å². The highest BCUT2D eigenvalue weighted by molar-refractivity contribution is 5.94. The van der Waals surface area contributed by atoms with Gasteiger partial charge in [0.1, 0.15) is 0 Å². The molecule has 0 aliphatic carbocycles. The summed E-state index contributed by atoms with van der Waals surface area (Å²) in [5, 5.41) is 4.05. The summed E-state index contributed by atoms with van der Waals surface area (Å²) in [5.41, 5.74) is 7.08. The first kappa shape index (κ1) is 17.1. The largest absolute Gasteiger partial charge is 0.379 e. The molecular formula is C17H21N5O3. The van der Waals surface area contributed by atoms with E-state index in [0.717, 1.165) is 5.69 Å². The standard InChI is InChI=1S/C17H21N5O3/c1-21-10-14(8-20-21)17(24)22-4-5-25-11-12(9-22)6-15-7-13(16(18)23)2-3-19-15/h2-3,7-8,10,12H,4-6,9,11H2,1H3,(H2,18,23). The summed E-state index contributed by atoms with van der Waals surface area (Å²) in [6, 6.07) is 3.29. The first-order valence-electron chi connectivity index (χ1n) is 8.13. The van der Waals surface area contributed by atoms with Crippen LogP contribution in [-0.4, -0.2) is 57.8 Å². The first-order chi connectivity index (χ1) is 12.0. The van der Waals surface area contributed by atoms with Crippen LogP contribution >= 0.6 is 0 Å². The SMILES string of the molecule is Cn1cc(C(=O)N2CCOCC(Cc3cc(C(N)=O)ccn3)C2)cn1. The molecule has 2 aromatic rings. The number of rotatable bonds is 4. The van der Waals surface area contributed by atoms with Gasteiger partial charge in [0.05, 0.1) is 25.0 Å². The van der Waals surface area contributed by atoms with Gasteiger partial charge in [-0.3, -0.25) is 19.3 Å². The second-order valence-corrected chi connectivity index (χ2v) is 6.20. The lowest BCUT2D eigenvalue weighted by atomic mass is 10.0. The van der Waals surface area contributed by atoms with Crippen LogP contribution in [0.2, 0.25) is 0 Å². The van der Waals surface area contributed by atoms with E-state index in [4.69, 9.17) is 10.5 Å². The Kier molecular flexibility index (Phi) is 5.08. The molecule has 0 bridgehead atoms. The Bertz CT molecular complexity index is 773. The molecule has 1 aliphatic heterocycles. The van der Waals surface area contributed by atoms with Crippen molar-refractivity contribution in [2.24, 2.45) is 18.7 Å². The summed E-state index contributed by atoms with van der Waals surface area (Å²) in [7, 11) is 1.78. The van der Waals surface area contributed by atoms with Gasteiger partial charge in [-0.1, -0.05) is 0 Å². The molecule has 8 heteroatoms. The summed E-state index contributed by atoms with van der Waals surface area (Å²) in [5.74, 6) is -0.435. The number of aryl methyl sites for hydroxylation is 1. The van der Waals surface area contributed by atoms with Crippen molar-refractivity contribution >= 4 is 11.8 Å². The van der Waals surface area contributed by atoms with Crippen molar-refractivity contribution in [3.8, 4) is 0 Å². The zero-order valence-corrected chi connectivity index (χ0v) is 14.1. The highest BCUT2D eigenvalue weighted by Crippen LogP contribution is 2.15. The molecule has 3 rings (SSSR count). The van der Waals surface area contributed by atoms with Gasteiger partial charge in [-0.15, -0.1) is 0 Å². The third-order valence-electron chi connectivity index (χ3n) is 4.18. The number of hydrogen-bond acceptors (Lipinski definition) is 5. The molecule has 2 amide bonds. The predicted molar refractivity (Wildman–Crippen MR) is 89.9 cm³/mol. The molecule has 0 radical (unpaired) electrons. The van der Waals surface area contributed by atoms with Crippen molar-refractivity contribution in [3.05, 3.63) is 47.5 Å². The number of carbonyl (C=O) groups is 2. The second-order valence-electron chi connectivity index (χ2n) is 6.20. The molecule has 1 atom stereocenters. The maximum absolute atomic E-state index is 12.6. The van der Waals surface area contributed by atoms with Crippen molar-refractivity contribution in [1.29, 1.82) is 0 Å². The number of nitrogens with two attached hydrogens (primary N) is 1. The Labute approximate surface area is 145 Å². The Hall–Kier alpha value is -2.74. The summed E-state index contributed by atoms with van der Waals surface area (Å²) in [4.78, 5) is 30.0. The van der Waals surface area contributed by atoms with Crippen LogP contribution in [0.1, 0.15) is 26.4 Å². The molecule has 1 unspecified atom stereocenters. The molecule has 1 aliphatic rings. The molecule has 1 saturated heterocycles. The Morgan fingerprint density at radius 3 is 2.96 bits per heavy atom. The number of nitrogens with zero attached hydrogens (tertiary/aromatic N) is 4. The van der Waals surface area contributed by atoms with Gasteiger partial charge in [-0.2, -0.15) is 5.10 Å². The van der Waals surface area contributed by atoms with Crippen LogP contribution in [0.5, 0.6) is 0 Å². The smallest absolute Gasteiger partial charge is 0.257 e. The quantitative estimate of drug-likeness (QED) is 0.857. The van der Waals surface area contributed by atoms with Crippen molar-refractivity contribution in [3.63, 3.8) is 0 Å². The van der Waals surface area contributed by atoms with Crippen LogP contribution in [0.15, 0.2) is 30.7 Å². The molecule has 1 fully saturated rings. The van der Waals surface area contributed by atoms with E-state index in [1.807, 2.05) is 0 Å². The fourth-order valence-electron chi connectivity index (χ4n) is 2.94. The summed E-state index contributed by atoms with van der Waals surface area (Å²) < 4.78 is 7.25. The van der Waals surface area contributed by atoms with Crippen LogP contribution in [0.25, 0.3) is 0 Å². The fourth-order valence-corrected chi connectivity index (χ4v) is 2.94. The minimum Gasteiger partial charge on any atom is -0.379 e. The highest BCUT2D eigenvalue weighted by atomic mass is 16.5. The zero-order chi connectivity index (χ0) is 17.8. The molecule has 0 spiro atoms. The van der Waals surface area contributed by atoms with E-state index in [-0.39, 0.29) is 11.8 Å². The number of hydrogen-bond donors (Lipinski definition) is 1. The van der Waals surface area contributed by atoms with Gasteiger partial charge >= 0.3 is 0 Å². The maximum Gasteiger partial charge on any atom is 0.257 e. The molecule has 3 heterocycles. The fraction of sp³-hybridized carbons (Fsp3) is 0.412. The topological polar surface area (TPSA) is 103 Å². The predicted octanol–water partition coefficient (Wildman–Crippen LogP) is 0.245. The van der Waals surface area contributed by atoms with Gasteiger partial charge in [0.15, 0.2) is 0 Å². The Morgan fingerprint density at radius 1 is 1.40 bits per heavy atom. The van der Waals surface area contributed by atoms with Gasteiger partial charge < -0.3 is 15.4 Å².